The van der Waals surface area contributed by atoms with E-state index in [9.17, 15) is 9.18 Å². The Morgan fingerprint density at radius 1 is 1.47 bits per heavy atom. The lowest BCUT2D eigenvalue weighted by Crippen LogP contribution is -2.29. The topological polar surface area (TPSA) is 20.3 Å². The predicted octanol–water partition coefficient (Wildman–Crippen LogP) is 2.37. The molecule has 3 heteroatoms. The van der Waals surface area contributed by atoms with Crippen molar-refractivity contribution in [2.45, 2.75) is 25.8 Å². The molecule has 0 saturated heterocycles. The molecule has 0 bridgehead atoms. The van der Waals surface area contributed by atoms with Gasteiger partial charge in [0.05, 0.1) is 5.56 Å². The molecule has 15 heavy (non-hydrogen) atoms. The number of nitrogens with zero attached hydrogens (tertiary/aromatic N) is 1. The van der Waals surface area contributed by atoms with Crippen molar-refractivity contribution in [1.82, 2.24) is 4.90 Å². The molecule has 1 aliphatic rings. The smallest absolute Gasteiger partial charge is 0.256 e. The number of aryl methyl sites for hydroxylation is 1. The zero-order valence-corrected chi connectivity index (χ0v) is 8.96. The van der Waals surface area contributed by atoms with E-state index < -0.39 is 5.82 Å². The number of carbonyl (C=O) groups excluding carboxylic acids is 1. The van der Waals surface area contributed by atoms with Crippen LogP contribution in [0.2, 0.25) is 0 Å². The van der Waals surface area contributed by atoms with Crippen LogP contribution in [0.15, 0.2) is 18.2 Å². The number of hydrogen-bond donors (Lipinski definition) is 0. The van der Waals surface area contributed by atoms with Gasteiger partial charge in [-0.25, -0.2) is 4.39 Å². The highest BCUT2D eigenvalue weighted by molar-refractivity contribution is 5.94. The minimum absolute atomic E-state index is 0.176. The predicted molar refractivity (Wildman–Crippen MR) is 56.3 cm³/mol. The molecule has 1 amide bonds. The van der Waals surface area contributed by atoms with Crippen LogP contribution in [0.3, 0.4) is 0 Å². The summed E-state index contributed by atoms with van der Waals surface area (Å²) in [7, 11) is 1.74. The number of carbonyl (C=O) groups is 1. The van der Waals surface area contributed by atoms with Crippen LogP contribution in [0.4, 0.5) is 4.39 Å². The van der Waals surface area contributed by atoms with E-state index in [1.54, 1.807) is 24.1 Å². The molecule has 0 spiro atoms. The van der Waals surface area contributed by atoms with E-state index in [0.29, 0.717) is 6.04 Å². The zero-order chi connectivity index (χ0) is 11.0. The van der Waals surface area contributed by atoms with Crippen LogP contribution in [0.1, 0.15) is 28.8 Å². The van der Waals surface area contributed by atoms with Crippen LogP contribution in [0, 0.1) is 12.7 Å². The minimum Gasteiger partial charge on any atom is -0.339 e. The van der Waals surface area contributed by atoms with E-state index in [-0.39, 0.29) is 11.5 Å². The van der Waals surface area contributed by atoms with Crippen molar-refractivity contribution < 1.29 is 9.18 Å². The summed E-state index contributed by atoms with van der Waals surface area (Å²) in [5.41, 5.74) is 1.01. The highest BCUT2D eigenvalue weighted by Crippen LogP contribution is 2.27. The second kappa shape index (κ2) is 3.65. The van der Waals surface area contributed by atoms with Gasteiger partial charge in [0.25, 0.3) is 5.91 Å². The van der Waals surface area contributed by atoms with Crippen LogP contribution < -0.4 is 0 Å². The first-order valence-corrected chi connectivity index (χ1v) is 5.13. The van der Waals surface area contributed by atoms with Gasteiger partial charge in [0.2, 0.25) is 0 Å². The molecule has 0 aliphatic heterocycles. The molecule has 0 atom stereocenters. The third-order valence-corrected chi connectivity index (χ3v) is 2.77. The molecule has 2 nitrogen and oxygen atoms in total. The van der Waals surface area contributed by atoms with Gasteiger partial charge in [0, 0.05) is 13.1 Å². The maximum atomic E-state index is 13.5. The van der Waals surface area contributed by atoms with Crippen LogP contribution >= 0.6 is 0 Å². The Hall–Kier alpha value is -1.38. The minimum atomic E-state index is -0.424. The van der Waals surface area contributed by atoms with E-state index in [1.807, 2.05) is 6.92 Å². The Morgan fingerprint density at radius 3 is 2.67 bits per heavy atom. The van der Waals surface area contributed by atoms with E-state index in [0.717, 1.165) is 18.4 Å². The summed E-state index contributed by atoms with van der Waals surface area (Å²) in [6.45, 7) is 1.81. The molecule has 2 rings (SSSR count). The molecule has 1 fully saturated rings. The third-order valence-electron chi connectivity index (χ3n) is 2.77. The number of rotatable bonds is 2. The van der Waals surface area contributed by atoms with Gasteiger partial charge in [-0.1, -0.05) is 6.07 Å². The van der Waals surface area contributed by atoms with E-state index in [2.05, 4.69) is 0 Å². The largest absolute Gasteiger partial charge is 0.339 e. The molecule has 1 saturated carbocycles. The summed E-state index contributed by atoms with van der Waals surface area (Å²) >= 11 is 0. The van der Waals surface area contributed by atoms with Crippen LogP contribution in [0.25, 0.3) is 0 Å². The average molecular weight is 207 g/mol. The summed E-state index contributed by atoms with van der Waals surface area (Å²) in [4.78, 5) is 13.5. The van der Waals surface area contributed by atoms with Gasteiger partial charge in [-0.2, -0.15) is 0 Å². The maximum Gasteiger partial charge on any atom is 0.256 e. The Labute approximate surface area is 88.7 Å². The van der Waals surface area contributed by atoms with Crippen LogP contribution in [-0.4, -0.2) is 23.9 Å². The number of benzene rings is 1. The van der Waals surface area contributed by atoms with Crippen molar-refractivity contribution in [2.24, 2.45) is 0 Å². The standard InChI is InChI=1S/C12H14FNO/c1-8-3-6-10(11(13)7-8)12(15)14(2)9-4-5-9/h3,6-7,9H,4-5H2,1-2H3. The molecule has 0 radical (unpaired) electrons. The third kappa shape index (κ3) is 2.01. The van der Waals surface area contributed by atoms with E-state index >= 15 is 0 Å². The van der Waals surface area contributed by atoms with E-state index in [1.165, 1.54) is 6.07 Å². The average Bonchev–Trinajstić information content (AvgIpc) is 2.99. The van der Waals surface area contributed by atoms with Crippen LogP contribution in [0.5, 0.6) is 0 Å². The number of amides is 1. The van der Waals surface area contributed by atoms with Gasteiger partial charge < -0.3 is 4.90 Å². The number of halogens is 1. The lowest BCUT2D eigenvalue weighted by molar-refractivity contribution is 0.0780. The molecule has 0 aromatic heterocycles. The Balaban J connectivity index is 2.24. The Morgan fingerprint density at radius 2 is 2.13 bits per heavy atom. The fourth-order valence-corrected chi connectivity index (χ4v) is 1.61. The summed E-state index contributed by atoms with van der Waals surface area (Å²) in [6, 6.07) is 5.04. The van der Waals surface area contributed by atoms with Gasteiger partial charge in [-0.15, -0.1) is 0 Å². The fourth-order valence-electron chi connectivity index (χ4n) is 1.61. The molecule has 1 aromatic rings. The molecule has 1 aliphatic carbocycles. The molecular formula is C12H14FNO. The van der Waals surface area contributed by atoms with Crippen molar-refractivity contribution in [3.63, 3.8) is 0 Å². The zero-order valence-electron chi connectivity index (χ0n) is 8.96. The monoisotopic (exact) mass is 207 g/mol. The van der Waals surface area contributed by atoms with Gasteiger partial charge >= 0.3 is 0 Å². The summed E-state index contributed by atoms with van der Waals surface area (Å²) in [5, 5.41) is 0. The van der Waals surface area contributed by atoms with Gasteiger partial charge in [0.15, 0.2) is 0 Å². The van der Waals surface area contributed by atoms with Crippen molar-refractivity contribution in [3.8, 4) is 0 Å². The lowest BCUT2D eigenvalue weighted by atomic mass is 10.1. The first kappa shape index (κ1) is 10.1. The Kier molecular flexibility index (Phi) is 2.47. The Bertz CT molecular complexity index is 399. The van der Waals surface area contributed by atoms with Gasteiger partial charge in [0.1, 0.15) is 5.82 Å². The molecule has 0 N–H and O–H groups in total. The molecule has 1 aromatic carbocycles. The van der Waals surface area contributed by atoms with Crippen molar-refractivity contribution in [3.05, 3.63) is 35.1 Å². The molecule has 0 heterocycles. The molecular weight excluding hydrogens is 193 g/mol. The summed E-state index contributed by atoms with van der Waals surface area (Å²) in [6.07, 6.45) is 2.07. The summed E-state index contributed by atoms with van der Waals surface area (Å²) in [5.74, 6) is -0.637. The van der Waals surface area contributed by atoms with E-state index in [4.69, 9.17) is 0 Å². The highest BCUT2D eigenvalue weighted by Gasteiger charge is 2.30. The van der Waals surface area contributed by atoms with Crippen molar-refractivity contribution >= 4 is 5.91 Å². The highest BCUT2D eigenvalue weighted by atomic mass is 19.1. The maximum absolute atomic E-state index is 13.5. The number of hydrogen-bond acceptors (Lipinski definition) is 1. The van der Waals surface area contributed by atoms with Gasteiger partial charge in [-0.05, 0) is 37.5 Å². The second-order valence-electron chi connectivity index (χ2n) is 4.13. The first-order chi connectivity index (χ1) is 7.09. The lowest BCUT2D eigenvalue weighted by Gasteiger charge is -2.16. The van der Waals surface area contributed by atoms with Crippen molar-refractivity contribution in [1.29, 1.82) is 0 Å². The fraction of sp³-hybridized carbons (Fsp3) is 0.417. The van der Waals surface area contributed by atoms with Crippen LogP contribution in [-0.2, 0) is 0 Å². The first-order valence-electron chi connectivity index (χ1n) is 5.13. The second-order valence-corrected chi connectivity index (χ2v) is 4.13. The normalized spacial score (nSPS) is 15.1. The molecule has 80 valence electrons. The SMILES string of the molecule is Cc1ccc(C(=O)N(C)C2CC2)c(F)c1. The quantitative estimate of drug-likeness (QED) is 0.729. The summed E-state index contributed by atoms with van der Waals surface area (Å²) < 4.78 is 13.5. The van der Waals surface area contributed by atoms with Gasteiger partial charge in [-0.3, -0.25) is 4.79 Å². The molecule has 0 unspecified atom stereocenters. The van der Waals surface area contributed by atoms with Crippen molar-refractivity contribution in [2.75, 3.05) is 7.05 Å².